The molecule has 7 heteroatoms. The lowest BCUT2D eigenvalue weighted by atomic mass is 10.1. The SMILES string of the molecule is CSC(=S)/N=c1/nc(Sc2ccc(C)cc2)n(C(C)(C)C)s1. The molecule has 1 aromatic carbocycles. The maximum atomic E-state index is 5.17. The zero-order valence-corrected chi connectivity index (χ0v) is 16.6. The standard InChI is InChI=1S/C15H19N3S4/c1-10-6-8-11(9-7-10)21-13-16-12(17-14(19)20-5)22-18(13)15(2,3)4/h6-9H,1-5H3/b17-12-. The van der Waals surface area contributed by atoms with Gasteiger partial charge in [-0.05, 0) is 57.6 Å². The summed E-state index contributed by atoms with van der Waals surface area (Å²) in [6, 6.07) is 8.47. The summed E-state index contributed by atoms with van der Waals surface area (Å²) >= 11 is 9.84. The van der Waals surface area contributed by atoms with E-state index in [9.17, 15) is 0 Å². The van der Waals surface area contributed by atoms with Gasteiger partial charge < -0.3 is 0 Å². The second kappa shape index (κ2) is 7.29. The molecule has 3 nitrogen and oxygen atoms in total. The first-order valence-corrected chi connectivity index (χ1v) is 10.00. The van der Waals surface area contributed by atoms with E-state index in [0.29, 0.717) is 9.12 Å². The van der Waals surface area contributed by atoms with Crippen LogP contribution in [0.5, 0.6) is 0 Å². The molecule has 0 fully saturated rings. The van der Waals surface area contributed by atoms with Crippen molar-refractivity contribution in [2.75, 3.05) is 6.26 Å². The molecule has 0 N–H and O–H groups in total. The monoisotopic (exact) mass is 369 g/mol. The van der Waals surface area contributed by atoms with Crippen LogP contribution in [-0.4, -0.2) is 19.5 Å². The Kier molecular flexibility index (Phi) is 5.87. The number of nitrogens with zero attached hydrogens (tertiary/aromatic N) is 3. The third kappa shape index (κ3) is 4.68. The van der Waals surface area contributed by atoms with E-state index in [-0.39, 0.29) is 5.54 Å². The van der Waals surface area contributed by atoms with Crippen LogP contribution in [0.15, 0.2) is 39.3 Å². The van der Waals surface area contributed by atoms with Gasteiger partial charge in [0.2, 0.25) is 4.80 Å². The van der Waals surface area contributed by atoms with Gasteiger partial charge in [0, 0.05) is 10.4 Å². The van der Waals surface area contributed by atoms with Crippen LogP contribution in [0.1, 0.15) is 26.3 Å². The van der Waals surface area contributed by atoms with Crippen LogP contribution in [0.3, 0.4) is 0 Å². The summed E-state index contributed by atoms with van der Waals surface area (Å²) in [6.07, 6.45) is 1.93. The summed E-state index contributed by atoms with van der Waals surface area (Å²) < 4.78 is 2.81. The summed E-state index contributed by atoms with van der Waals surface area (Å²) in [4.78, 5) is 10.9. The maximum absolute atomic E-state index is 5.17. The van der Waals surface area contributed by atoms with Crippen molar-refractivity contribution in [1.82, 2.24) is 8.94 Å². The van der Waals surface area contributed by atoms with Gasteiger partial charge in [-0.1, -0.05) is 53.4 Å². The van der Waals surface area contributed by atoms with Gasteiger partial charge in [-0.15, -0.1) is 0 Å². The van der Waals surface area contributed by atoms with Crippen LogP contribution < -0.4 is 4.80 Å². The van der Waals surface area contributed by atoms with Crippen molar-refractivity contribution >= 4 is 51.6 Å². The Bertz CT molecular complexity index is 720. The van der Waals surface area contributed by atoms with E-state index in [1.165, 1.54) is 22.2 Å². The van der Waals surface area contributed by atoms with Gasteiger partial charge in [0.1, 0.15) is 0 Å². The summed E-state index contributed by atoms with van der Waals surface area (Å²) in [5.41, 5.74) is 1.21. The van der Waals surface area contributed by atoms with Crippen molar-refractivity contribution in [3.8, 4) is 0 Å². The quantitative estimate of drug-likeness (QED) is 0.717. The number of thioether (sulfide) groups is 1. The van der Waals surface area contributed by atoms with Gasteiger partial charge in [-0.3, -0.25) is 3.96 Å². The lowest BCUT2D eigenvalue weighted by Crippen LogP contribution is -2.20. The van der Waals surface area contributed by atoms with Gasteiger partial charge >= 0.3 is 0 Å². The summed E-state index contributed by atoms with van der Waals surface area (Å²) in [7, 11) is 0. The Balaban J connectivity index is 2.42. The lowest BCUT2D eigenvalue weighted by Gasteiger charge is -2.21. The van der Waals surface area contributed by atoms with Crippen molar-refractivity contribution < 1.29 is 0 Å². The highest BCUT2D eigenvalue weighted by molar-refractivity contribution is 8.22. The second-order valence-corrected chi connectivity index (χ2v) is 9.12. The minimum Gasteiger partial charge on any atom is -0.268 e. The fourth-order valence-corrected chi connectivity index (χ4v) is 4.09. The molecule has 0 amide bonds. The van der Waals surface area contributed by atoms with Gasteiger partial charge in [0.05, 0.1) is 0 Å². The fourth-order valence-electron chi connectivity index (χ4n) is 1.64. The predicted molar refractivity (Wildman–Crippen MR) is 102 cm³/mol. The number of benzene rings is 1. The Morgan fingerprint density at radius 2 is 1.91 bits per heavy atom. The first-order chi connectivity index (χ1) is 10.3. The molecule has 0 spiro atoms. The largest absolute Gasteiger partial charge is 0.268 e. The van der Waals surface area contributed by atoms with E-state index >= 15 is 0 Å². The molecule has 0 unspecified atom stereocenters. The van der Waals surface area contributed by atoms with Gasteiger partial charge in [-0.25, -0.2) is 0 Å². The number of hydrogen-bond acceptors (Lipinski definition) is 5. The van der Waals surface area contributed by atoms with Gasteiger partial charge in [-0.2, -0.15) is 9.98 Å². The Labute approximate surface area is 149 Å². The fraction of sp³-hybridized carbons (Fsp3) is 0.400. The Morgan fingerprint density at radius 1 is 1.27 bits per heavy atom. The van der Waals surface area contributed by atoms with Crippen LogP contribution in [-0.2, 0) is 5.54 Å². The molecule has 0 saturated carbocycles. The van der Waals surface area contributed by atoms with Crippen molar-refractivity contribution in [3.05, 3.63) is 34.6 Å². The van der Waals surface area contributed by atoms with E-state index in [2.05, 4.69) is 65.9 Å². The number of aryl methyl sites for hydroxylation is 1. The van der Waals surface area contributed by atoms with E-state index in [4.69, 9.17) is 12.2 Å². The van der Waals surface area contributed by atoms with Gasteiger partial charge in [0.25, 0.3) is 0 Å². The molecule has 118 valence electrons. The minimum atomic E-state index is -0.0422. The number of rotatable bonds is 2. The third-order valence-corrected chi connectivity index (χ3v) is 6.10. The topological polar surface area (TPSA) is 30.2 Å². The van der Waals surface area contributed by atoms with E-state index in [1.807, 2.05) is 6.26 Å². The van der Waals surface area contributed by atoms with Crippen molar-refractivity contribution in [2.24, 2.45) is 4.99 Å². The average molecular weight is 370 g/mol. The smallest absolute Gasteiger partial charge is 0.229 e. The first-order valence-electron chi connectivity index (χ1n) is 6.77. The first kappa shape index (κ1) is 17.7. The molecular weight excluding hydrogens is 350 g/mol. The van der Waals surface area contributed by atoms with Crippen LogP contribution in [0.4, 0.5) is 0 Å². The molecule has 1 aromatic heterocycles. The highest BCUT2D eigenvalue weighted by atomic mass is 32.2. The molecule has 0 aliphatic heterocycles. The van der Waals surface area contributed by atoms with Crippen molar-refractivity contribution in [1.29, 1.82) is 0 Å². The zero-order valence-electron chi connectivity index (χ0n) is 13.3. The Morgan fingerprint density at radius 3 is 2.45 bits per heavy atom. The highest BCUT2D eigenvalue weighted by Crippen LogP contribution is 2.30. The van der Waals surface area contributed by atoms with Crippen LogP contribution in [0.25, 0.3) is 0 Å². The number of aromatic nitrogens is 2. The van der Waals surface area contributed by atoms with Crippen LogP contribution in [0.2, 0.25) is 0 Å². The second-order valence-electron chi connectivity index (χ2n) is 5.73. The molecule has 22 heavy (non-hydrogen) atoms. The molecule has 2 rings (SSSR count). The number of thiocarbonyl (C=S) groups is 1. The molecule has 2 aromatic rings. The molecule has 1 heterocycles. The highest BCUT2D eigenvalue weighted by Gasteiger charge is 2.20. The normalized spacial score (nSPS) is 12.7. The molecule has 0 aliphatic carbocycles. The molecule has 0 aliphatic rings. The van der Waals surface area contributed by atoms with Crippen molar-refractivity contribution in [2.45, 2.75) is 43.3 Å². The van der Waals surface area contributed by atoms with E-state index < -0.39 is 0 Å². The molecule has 0 radical (unpaired) electrons. The minimum absolute atomic E-state index is 0.0422. The molecular formula is C15H19N3S4. The summed E-state index contributed by atoms with van der Waals surface area (Å²) in [5, 5.41) is 0.948. The summed E-state index contributed by atoms with van der Waals surface area (Å²) in [6.45, 7) is 8.59. The molecule has 0 atom stereocenters. The van der Waals surface area contributed by atoms with E-state index in [0.717, 1.165) is 5.16 Å². The average Bonchev–Trinajstić information content (AvgIpc) is 2.84. The lowest BCUT2D eigenvalue weighted by molar-refractivity contribution is 0.397. The number of hydrogen-bond donors (Lipinski definition) is 0. The zero-order chi connectivity index (χ0) is 16.3. The predicted octanol–water partition coefficient (Wildman–Crippen LogP) is 4.71. The molecule has 0 bridgehead atoms. The van der Waals surface area contributed by atoms with Crippen LogP contribution in [0, 0.1) is 6.92 Å². The van der Waals surface area contributed by atoms with Crippen LogP contribution >= 0.6 is 47.3 Å². The van der Waals surface area contributed by atoms with Gasteiger partial charge in [0.15, 0.2) is 9.48 Å². The molecule has 0 saturated heterocycles. The van der Waals surface area contributed by atoms with Crippen molar-refractivity contribution in [3.63, 3.8) is 0 Å². The summed E-state index contributed by atoms with van der Waals surface area (Å²) in [5.74, 6) is 0. The van der Waals surface area contributed by atoms with E-state index in [1.54, 1.807) is 23.3 Å². The maximum Gasteiger partial charge on any atom is 0.229 e. The Hall–Kier alpha value is -0.630. The third-order valence-electron chi connectivity index (χ3n) is 2.74.